The lowest BCUT2D eigenvalue weighted by atomic mass is 9.81. The van der Waals surface area contributed by atoms with Crippen molar-refractivity contribution in [2.45, 2.75) is 19.3 Å². The Morgan fingerprint density at radius 2 is 0.644 bits per heavy atom. The van der Waals surface area contributed by atoms with Gasteiger partial charge in [0.05, 0.1) is 22.4 Å². The van der Waals surface area contributed by atoms with Crippen LogP contribution < -0.4 is 0 Å². The molecule has 4 nitrogen and oxygen atoms in total. The third kappa shape index (κ3) is 6.00. The van der Waals surface area contributed by atoms with E-state index in [-0.39, 0.29) is 5.41 Å². The summed E-state index contributed by atoms with van der Waals surface area (Å²) in [5.74, 6) is 1.43. The van der Waals surface area contributed by atoms with Crippen LogP contribution in [0.4, 0.5) is 0 Å². The van der Waals surface area contributed by atoms with Gasteiger partial charge in [-0.1, -0.05) is 184 Å². The Morgan fingerprint density at radius 3 is 1.07 bits per heavy atom. The summed E-state index contributed by atoms with van der Waals surface area (Å²) < 4.78 is 0. The lowest BCUT2D eigenvalue weighted by Gasteiger charge is -2.23. The van der Waals surface area contributed by atoms with Gasteiger partial charge < -0.3 is 0 Å². The normalized spacial score (nSPS) is 12.7. The fraction of sp³-hybridized carbons (Fsp3) is 0.0545. The van der Waals surface area contributed by atoms with Crippen LogP contribution in [0.1, 0.15) is 25.0 Å². The predicted molar refractivity (Wildman–Crippen MR) is 243 cm³/mol. The number of rotatable bonds is 6. The zero-order valence-electron chi connectivity index (χ0n) is 32.8. The predicted octanol–water partition coefficient (Wildman–Crippen LogP) is 13.9. The van der Waals surface area contributed by atoms with Gasteiger partial charge in [0.15, 0.2) is 11.6 Å². The molecule has 0 spiro atoms. The fourth-order valence-corrected chi connectivity index (χ4v) is 8.77. The molecular weight excluding hydrogens is 717 g/mol. The van der Waals surface area contributed by atoms with E-state index in [1.54, 1.807) is 0 Å². The van der Waals surface area contributed by atoms with Crippen LogP contribution >= 0.6 is 0 Å². The van der Waals surface area contributed by atoms with Crippen LogP contribution in [0.15, 0.2) is 194 Å². The van der Waals surface area contributed by atoms with Crippen molar-refractivity contribution in [3.05, 3.63) is 205 Å². The first-order valence-electron chi connectivity index (χ1n) is 20.1. The van der Waals surface area contributed by atoms with Crippen LogP contribution in [-0.4, -0.2) is 19.9 Å². The summed E-state index contributed by atoms with van der Waals surface area (Å²) in [6.45, 7) is 4.67. The van der Waals surface area contributed by atoms with Gasteiger partial charge >= 0.3 is 0 Å². The van der Waals surface area contributed by atoms with Crippen molar-refractivity contribution in [1.29, 1.82) is 0 Å². The first kappa shape index (κ1) is 34.7. The largest absolute Gasteiger partial charge is 0.228 e. The third-order valence-corrected chi connectivity index (χ3v) is 11.9. The summed E-state index contributed by atoms with van der Waals surface area (Å²) in [7, 11) is 0. The number of benzene rings is 8. The highest BCUT2D eigenvalue weighted by atomic mass is 14.9. The van der Waals surface area contributed by atoms with Gasteiger partial charge in [-0.2, -0.15) is 0 Å². The summed E-state index contributed by atoms with van der Waals surface area (Å²) in [5.41, 5.74) is 17.4. The molecule has 0 saturated heterocycles. The smallest absolute Gasteiger partial charge is 0.160 e. The molecule has 59 heavy (non-hydrogen) atoms. The van der Waals surface area contributed by atoms with Crippen molar-refractivity contribution < 1.29 is 0 Å². The molecule has 10 aromatic rings. The number of para-hydroxylation sites is 2. The van der Waals surface area contributed by atoms with Gasteiger partial charge in [-0.25, -0.2) is 19.9 Å². The van der Waals surface area contributed by atoms with Crippen molar-refractivity contribution in [3.8, 4) is 78.7 Å². The first-order chi connectivity index (χ1) is 29.0. The standard InChI is InChI=1S/C55H38N4/c1-55(2)47-33-41(51-45-17-9-11-19-49(45)56-53(58-51)39-25-21-37(22-26-39)35-13-5-3-6-14-35)29-31-43(47)44-32-30-42(34-48(44)55)52-46-18-10-12-20-50(46)57-54(59-52)40-27-23-38(24-28-40)36-15-7-4-8-16-36/h3-34H,1-2H3. The second kappa shape index (κ2) is 13.8. The number of aromatic nitrogens is 4. The highest BCUT2D eigenvalue weighted by Crippen LogP contribution is 2.51. The molecule has 0 radical (unpaired) electrons. The molecule has 0 saturated carbocycles. The van der Waals surface area contributed by atoms with Gasteiger partial charge in [-0.15, -0.1) is 0 Å². The molecule has 0 N–H and O–H groups in total. The molecule has 2 aromatic heterocycles. The van der Waals surface area contributed by atoms with Gasteiger partial charge in [0.2, 0.25) is 0 Å². The van der Waals surface area contributed by atoms with E-state index in [1.807, 2.05) is 24.3 Å². The Hall–Kier alpha value is -7.56. The molecule has 8 aromatic carbocycles. The summed E-state index contributed by atoms with van der Waals surface area (Å²) in [5, 5.41) is 2.07. The van der Waals surface area contributed by atoms with Gasteiger partial charge in [0.25, 0.3) is 0 Å². The molecule has 0 fully saturated rings. The van der Waals surface area contributed by atoms with Crippen molar-refractivity contribution in [3.63, 3.8) is 0 Å². The molecule has 2 heterocycles. The minimum absolute atomic E-state index is 0.269. The maximum absolute atomic E-state index is 5.28. The fourth-order valence-electron chi connectivity index (χ4n) is 8.77. The van der Waals surface area contributed by atoms with Crippen LogP contribution in [0, 0.1) is 0 Å². The minimum Gasteiger partial charge on any atom is -0.228 e. The van der Waals surface area contributed by atoms with Gasteiger partial charge in [-0.05, 0) is 68.8 Å². The SMILES string of the molecule is CC1(C)c2cc(-c3nc(-c4ccc(-c5ccccc5)cc4)nc4ccccc34)ccc2-c2ccc(-c3nc(-c4ccc(-c5ccccc5)cc4)nc4ccccc34)cc21. The molecule has 0 aliphatic heterocycles. The molecular formula is C55H38N4. The Bertz CT molecular complexity index is 2990. The Balaban J connectivity index is 0.972. The van der Waals surface area contributed by atoms with Crippen LogP contribution in [0.3, 0.4) is 0 Å². The summed E-state index contributed by atoms with van der Waals surface area (Å²) in [6.07, 6.45) is 0. The molecule has 11 rings (SSSR count). The van der Waals surface area contributed by atoms with Crippen LogP contribution in [0.2, 0.25) is 0 Å². The minimum atomic E-state index is -0.269. The molecule has 4 heteroatoms. The maximum atomic E-state index is 5.28. The van der Waals surface area contributed by atoms with E-state index in [4.69, 9.17) is 19.9 Å². The maximum Gasteiger partial charge on any atom is 0.160 e. The van der Waals surface area contributed by atoms with E-state index in [9.17, 15) is 0 Å². The zero-order valence-corrected chi connectivity index (χ0v) is 32.8. The monoisotopic (exact) mass is 754 g/mol. The number of hydrogen-bond donors (Lipinski definition) is 0. The average molecular weight is 755 g/mol. The summed E-state index contributed by atoms with van der Waals surface area (Å²) >= 11 is 0. The third-order valence-electron chi connectivity index (χ3n) is 11.9. The van der Waals surface area contributed by atoms with E-state index in [0.29, 0.717) is 0 Å². The van der Waals surface area contributed by atoms with Crippen LogP contribution in [0.25, 0.3) is 100 Å². The topological polar surface area (TPSA) is 51.6 Å². The first-order valence-corrected chi connectivity index (χ1v) is 20.1. The zero-order chi connectivity index (χ0) is 39.5. The van der Waals surface area contributed by atoms with Crippen LogP contribution in [0.5, 0.6) is 0 Å². The molecule has 278 valence electrons. The number of hydrogen-bond acceptors (Lipinski definition) is 4. The second-order valence-corrected chi connectivity index (χ2v) is 15.9. The molecule has 0 bridgehead atoms. The lowest BCUT2D eigenvalue weighted by molar-refractivity contribution is 0.661. The van der Waals surface area contributed by atoms with Crippen molar-refractivity contribution in [2.24, 2.45) is 0 Å². The highest BCUT2D eigenvalue weighted by molar-refractivity contribution is 5.97. The van der Waals surface area contributed by atoms with E-state index >= 15 is 0 Å². The second-order valence-electron chi connectivity index (χ2n) is 15.9. The molecule has 0 atom stereocenters. The van der Waals surface area contributed by atoms with E-state index in [2.05, 4.69) is 184 Å². The molecule has 1 aliphatic rings. The van der Waals surface area contributed by atoms with Crippen molar-refractivity contribution in [1.82, 2.24) is 19.9 Å². The summed E-state index contributed by atoms with van der Waals surface area (Å²) in [4.78, 5) is 20.6. The van der Waals surface area contributed by atoms with E-state index < -0.39 is 0 Å². The van der Waals surface area contributed by atoms with Gasteiger partial charge in [0.1, 0.15) is 0 Å². The Labute approximate surface area is 343 Å². The Kier molecular flexibility index (Phi) is 8.12. The van der Waals surface area contributed by atoms with Crippen molar-refractivity contribution in [2.75, 3.05) is 0 Å². The quantitative estimate of drug-likeness (QED) is 0.170. The molecule has 0 amide bonds. The molecule has 1 aliphatic carbocycles. The Morgan fingerprint density at radius 1 is 0.305 bits per heavy atom. The highest BCUT2D eigenvalue weighted by Gasteiger charge is 2.36. The lowest BCUT2D eigenvalue weighted by Crippen LogP contribution is -2.15. The van der Waals surface area contributed by atoms with E-state index in [1.165, 1.54) is 44.5 Å². The summed E-state index contributed by atoms with van der Waals surface area (Å²) in [6, 6.07) is 68.4. The average Bonchev–Trinajstić information content (AvgIpc) is 3.53. The number of fused-ring (bicyclic) bond motifs is 5. The molecule has 0 unspecified atom stereocenters. The van der Waals surface area contributed by atoms with Gasteiger partial charge in [-0.3, -0.25) is 0 Å². The van der Waals surface area contributed by atoms with E-state index in [0.717, 1.165) is 67.1 Å². The van der Waals surface area contributed by atoms with Crippen LogP contribution in [-0.2, 0) is 5.41 Å². The van der Waals surface area contributed by atoms with Crippen molar-refractivity contribution >= 4 is 21.8 Å². The van der Waals surface area contributed by atoms with Gasteiger partial charge in [0, 0.05) is 38.4 Å². The number of nitrogens with zero attached hydrogens (tertiary/aromatic N) is 4.